The summed E-state index contributed by atoms with van der Waals surface area (Å²) in [7, 11) is 0. The summed E-state index contributed by atoms with van der Waals surface area (Å²) >= 11 is 0. The third-order valence-corrected chi connectivity index (χ3v) is 5.94. The molecule has 0 aliphatic rings. The van der Waals surface area contributed by atoms with Crippen LogP contribution in [-0.4, -0.2) is 12.5 Å². The van der Waals surface area contributed by atoms with E-state index in [0.717, 1.165) is 11.1 Å². The van der Waals surface area contributed by atoms with Gasteiger partial charge < -0.3 is 19.2 Å². The molecular weight excluding hydrogens is 464 g/mol. The summed E-state index contributed by atoms with van der Waals surface area (Å²) in [6, 6.07) is 25.9. The number of amides is 1. The van der Waals surface area contributed by atoms with Gasteiger partial charge in [-0.3, -0.25) is 4.79 Å². The van der Waals surface area contributed by atoms with Crippen LogP contribution in [-0.2, 0) is 12.0 Å². The molecule has 1 N–H and O–H groups in total. The number of hydrogen-bond acceptors (Lipinski definition) is 4. The molecule has 1 aromatic heterocycles. The van der Waals surface area contributed by atoms with E-state index >= 15 is 0 Å². The molecule has 0 saturated heterocycles. The fourth-order valence-electron chi connectivity index (χ4n) is 3.83. The number of carbonyl (C=O) groups is 1. The van der Waals surface area contributed by atoms with Crippen LogP contribution in [0.3, 0.4) is 0 Å². The molecule has 4 aromatic rings. The molecule has 5 nitrogen and oxygen atoms in total. The van der Waals surface area contributed by atoms with Gasteiger partial charge in [-0.1, -0.05) is 62.4 Å². The van der Waals surface area contributed by atoms with Crippen LogP contribution < -0.4 is 14.8 Å². The molecule has 4 rings (SSSR count). The Bertz CT molecular complexity index is 1310. The molecule has 0 unspecified atom stereocenters. The smallest absolute Gasteiger partial charge is 0.387 e. The Hall–Kier alpha value is -4.13. The Morgan fingerprint density at radius 3 is 2.33 bits per heavy atom. The molecule has 0 fully saturated rings. The zero-order valence-corrected chi connectivity index (χ0v) is 20.3. The molecule has 0 atom stereocenters. The first-order chi connectivity index (χ1) is 17.2. The predicted molar refractivity (Wildman–Crippen MR) is 134 cm³/mol. The van der Waals surface area contributed by atoms with Crippen LogP contribution in [0.4, 0.5) is 14.5 Å². The van der Waals surface area contributed by atoms with Crippen molar-refractivity contribution in [2.75, 3.05) is 5.32 Å². The van der Waals surface area contributed by atoms with Crippen molar-refractivity contribution in [3.8, 4) is 11.5 Å². The van der Waals surface area contributed by atoms with Gasteiger partial charge in [-0.2, -0.15) is 8.78 Å². The molecule has 0 aliphatic heterocycles. The number of ether oxygens (including phenoxy) is 2. The number of furan rings is 1. The molecule has 1 heterocycles. The lowest BCUT2D eigenvalue weighted by Crippen LogP contribution is -2.18. The number of benzene rings is 3. The highest BCUT2D eigenvalue weighted by atomic mass is 19.3. The van der Waals surface area contributed by atoms with Crippen molar-refractivity contribution in [1.29, 1.82) is 0 Å². The van der Waals surface area contributed by atoms with Crippen molar-refractivity contribution in [3.63, 3.8) is 0 Å². The van der Waals surface area contributed by atoms with Crippen LogP contribution in [0, 0.1) is 6.92 Å². The van der Waals surface area contributed by atoms with Crippen molar-refractivity contribution in [2.24, 2.45) is 0 Å². The molecule has 7 heteroatoms. The summed E-state index contributed by atoms with van der Waals surface area (Å²) in [5.74, 6) is 0.432. The van der Waals surface area contributed by atoms with E-state index in [-0.39, 0.29) is 29.2 Å². The Morgan fingerprint density at radius 1 is 0.944 bits per heavy atom. The number of nitrogens with one attached hydrogen (secondary N) is 1. The standard InChI is InChI=1S/C29H27F2NO4/c1-19-9-15-24(26(17-19)36-28(30)31)32-27(33)25-16-14-23(35-25)18-34-22-12-10-21(11-13-22)29(2,3)20-7-5-4-6-8-20/h4-17,28H,18H2,1-3H3,(H,32,33). The topological polar surface area (TPSA) is 60.7 Å². The maximum absolute atomic E-state index is 12.7. The second-order valence-electron chi connectivity index (χ2n) is 8.90. The van der Waals surface area contributed by atoms with E-state index in [1.165, 1.54) is 23.8 Å². The van der Waals surface area contributed by atoms with Crippen LogP contribution >= 0.6 is 0 Å². The fraction of sp³-hybridized carbons (Fsp3) is 0.207. The minimum Gasteiger partial charge on any atom is -0.486 e. The van der Waals surface area contributed by atoms with Crippen LogP contribution in [0.2, 0.25) is 0 Å². The Morgan fingerprint density at radius 2 is 1.64 bits per heavy atom. The van der Waals surface area contributed by atoms with Gasteiger partial charge in [0.1, 0.15) is 23.9 Å². The van der Waals surface area contributed by atoms with Crippen LogP contribution in [0.1, 0.15) is 46.9 Å². The molecule has 0 aliphatic carbocycles. The lowest BCUT2D eigenvalue weighted by molar-refractivity contribution is -0.0494. The molecule has 0 spiro atoms. The average molecular weight is 492 g/mol. The first kappa shape index (κ1) is 25.0. The van der Waals surface area contributed by atoms with E-state index in [2.05, 4.69) is 36.0 Å². The summed E-state index contributed by atoms with van der Waals surface area (Å²) in [6.45, 7) is 3.20. The first-order valence-electron chi connectivity index (χ1n) is 11.5. The van der Waals surface area contributed by atoms with Crippen LogP contribution in [0.5, 0.6) is 11.5 Å². The number of hydrogen-bond donors (Lipinski definition) is 1. The van der Waals surface area contributed by atoms with Gasteiger partial charge in [0.05, 0.1) is 5.69 Å². The number of anilines is 1. The monoisotopic (exact) mass is 491 g/mol. The largest absolute Gasteiger partial charge is 0.486 e. The molecule has 1 amide bonds. The molecular formula is C29H27F2NO4. The molecule has 186 valence electrons. The summed E-state index contributed by atoms with van der Waals surface area (Å²) in [4.78, 5) is 12.6. The highest BCUT2D eigenvalue weighted by Crippen LogP contribution is 2.32. The van der Waals surface area contributed by atoms with Gasteiger partial charge in [0.2, 0.25) is 0 Å². The quantitative estimate of drug-likeness (QED) is 0.266. The van der Waals surface area contributed by atoms with E-state index in [1.807, 2.05) is 42.5 Å². The average Bonchev–Trinajstić information content (AvgIpc) is 3.34. The van der Waals surface area contributed by atoms with Gasteiger partial charge in [-0.05, 0) is 60.0 Å². The second kappa shape index (κ2) is 10.6. The fourth-order valence-corrected chi connectivity index (χ4v) is 3.83. The molecule has 3 aromatic carbocycles. The van der Waals surface area contributed by atoms with Gasteiger partial charge >= 0.3 is 6.61 Å². The van der Waals surface area contributed by atoms with Crippen molar-refractivity contribution in [1.82, 2.24) is 0 Å². The SMILES string of the molecule is Cc1ccc(NC(=O)c2ccc(COc3ccc(C(C)(C)c4ccccc4)cc3)o2)c(OC(F)F)c1. The first-order valence-corrected chi connectivity index (χ1v) is 11.5. The van der Waals surface area contributed by atoms with E-state index < -0.39 is 12.5 Å². The Labute approximate surface area is 208 Å². The molecule has 36 heavy (non-hydrogen) atoms. The minimum absolute atomic E-state index is 0.0251. The molecule has 0 radical (unpaired) electrons. The van der Waals surface area contributed by atoms with Crippen molar-refractivity contribution < 1.29 is 27.5 Å². The van der Waals surface area contributed by atoms with Gasteiger partial charge in [0, 0.05) is 5.41 Å². The van der Waals surface area contributed by atoms with Crippen LogP contribution in [0.15, 0.2) is 89.3 Å². The van der Waals surface area contributed by atoms with E-state index in [4.69, 9.17) is 9.15 Å². The second-order valence-corrected chi connectivity index (χ2v) is 8.90. The maximum atomic E-state index is 12.7. The maximum Gasteiger partial charge on any atom is 0.387 e. The van der Waals surface area contributed by atoms with Crippen molar-refractivity contribution in [3.05, 3.63) is 113 Å². The lowest BCUT2D eigenvalue weighted by atomic mass is 9.78. The highest BCUT2D eigenvalue weighted by Gasteiger charge is 2.22. The normalized spacial score (nSPS) is 11.4. The zero-order chi connectivity index (χ0) is 25.7. The third kappa shape index (κ3) is 5.92. The lowest BCUT2D eigenvalue weighted by Gasteiger charge is -2.26. The highest BCUT2D eigenvalue weighted by molar-refractivity contribution is 6.03. The van der Waals surface area contributed by atoms with Gasteiger partial charge in [-0.25, -0.2) is 0 Å². The van der Waals surface area contributed by atoms with E-state index in [9.17, 15) is 13.6 Å². The number of aryl methyl sites for hydroxylation is 1. The van der Waals surface area contributed by atoms with Gasteiger partial charge in [0.25, 0.3) is 5.91 Å². The minimum atomic E-state index is -3.01. The molecule has 0 saturated carbocycles. The number of carbonyl (C=O) groups excluding carboxylic acids is 1. The summed E-state index contributed by atoms with van der Waals surface area (Å²) in [5, 5.41) is 2.55. The van der Waals surface area contributed by atoms with E-state index in [0.29, 0.717) is 11.5 Å². The third-order valence-electron chi connectivity index (χ3n) is 5.94. The summed E-state index contributed by atoms with van der Waals surface area (Å²) in [5.41, 5.74) is 3.07. The summed E-state index contributed by atoms with van der Waals surface area (Å²) in [6.07, 6.45) is 0. The number of halogens is 2. The van der Waals surface area contributed by atoms with Gasteiger partial charge in [-0.15, -0.1) is 0 Å². The predicted octanol–water partition coefficient (Wildman–Crippen LogP) is 7.35. The number of rotatable bonds is 9. The van der Waals surface area contributed by atoms with Gasteiger partial charge in [0.15, 0.2) is 5.76 Å². The Kier molecular flexibility index (Phi) is 7.38. The van der Waals surface area contributed by atoms with Crippen LogP contribution in [0.25, 0.3) is 0 Å². The number of alkyl halides is 2. The van der Waals surface area contributed by atoms with Crippen molar-refractivity contribution >= 4 is 11.6 Å². The van der Waals surface area contributed by atoms with E-state index in [1.54, 1.807) is 19.1 Å². The van der Waals surface area contributed by atoms with Crippen molar-refractivity contribution in [2.45, 2.75) is 39.4 Å². The molecule has 0 bridgehead atoms. The zero-order valence-electron chi connectivity index (χ0n) is 20.3. The Balaban J connectivity index is 1.37. The summed E-state index contributed by atoms with van der Waals surface area (Å²) < 4.78 is 41.4.